The Hall–Kier alpha value is -1.97. The molecule has 0 saturated heterocycles. The van der Waals surface area contributed by atoms with Crippen LogP contribution in [0.15, 0.2) is 33.8 Å². The summed E-state index contributed by atoms with van der Waals surface area (Å²) in [6, 6.07) is 4.85. The number of fused-ring (bicyclic) bond motifs is 1. The molecular formula is C16H19FN2O5S. The molecule has 0 unspecified atom stereocenters. The first-order valence-corrected chi connectivity index (χ1v) is 9.44. The summed E-state index contributed by atoms with van der Waals surface area (Å²) in [6.07, 6.45) is 1.07. The molecule has 1 aromatic heterocycles. The topological polar surface area (TPSA) is 99.9 Å². The molecule has 1 heterocycles. The van der Waals surface area contributed by atoms with Gasteiger partial charge in [0.25, 0.3) is 10.0 Å². The lowest BCUT2D eigenvalue weighted by atomic mass is 9.86. The van der Waals surface area contributed by atoms with Gasteiger partial charge in [-0.2, -0.15) is 0 Å². The van der Waals surface area contributed by atoms with Gasteiger partial charge in [0, 0.05) is 23.5 Å². The number of sulfonamides is 1. The molecule has 0 atom stereocenters. The van der Waals surface area contributed by atoms with Crippen LogP contribution < -0.4 is 4.72 Å². The van der Waals surface area contributed by atoms with Crippen LogP contribution in [0.5, 0.6) is 0 Å². The van der Waals surface area contributed by atoms with E-state index in [0.29, 0.717) is 30.4 Å². The minimum absolute atomic E-state index is 0.0403. The molecule has 3 rings (SSSR count). The van der Waals surface area contributed by atoms with Gasteiger partial charge < -0.3 is 9.52 Å². The largest absolute Gasteiger partial charge is 0.480 e. The van der Waals surface area contributed by atoms with Crippen molar-refractivity contribution in [3.05, 3.63) is 30.1 Å². The monoisotopic (exact) mass is 370 g/mol. The molecule has 1 fully saturated rings. The number of benzene rings is 1. The molecule has 7 nitrogen and oxygen atoms in total. The maximum atomic E-state index is 13.2. The molecule has 2 N–H and O–H groups in total. The molecule has 0 amide bonds. The second kappa shape index (κ2) is 6.74. The number of carbonyl (C=O) groups is 1. The molecule has 1 aliphatic rings. The molecule has 2 aromatic rings. The molecule has 1 aliphatic carbocycles. The lowest BCUT2D eigenvalue weighted by molar-refractivity contribution is -0.139. The molecule has 0 aliphatic heterocycles. The third-order valence-corrected chi connectivity index (χ3v) is 5.79. The second-order valence-corrected chi connectivity index (χ2v) is 7.79. The third kappa shape index (κ3) is 3.83. The number of aliphatic carboxylic acids is 1. The van der Waals surface area contributed by atoms with Crippen LogP contribution in [-0.2, 0) is 14.8 Å². The maximum Gasteiger partial charge on any atom is 0.317 e. The predicted octanol–water partition coefficient (Wildman–Crippen LogP) is 1.79. The molecule has 136 valence electrons. The van der Waals surface area contributed by atoms with E-state index in [0.717, 1.165) is 0 Å². The molecule has 0 bridgehead atoms. The van der Waals surface area contributed by atoms with Crippen LogP contribution in [0, 0.1) is 5.82 Å². The summed E-state index contributed by atoms with van der Waals surface area (Å²) in [6.45, 7) is 2.40. The average molecular weight is 370 g/mol. The van der Waals surface area contributed by atoms with Gasteiger partial charge in [0.1, 0.15) is 11.4 Å². The zero-order valence-electron chi connectivity index (χ0n) is 13.6. The average Bonchev–Trinajstić information content (AvgIpc) is 2.92. The highest BCUT2D eigenvalue weighted by Gasteiger charge is 2.37. The van der Waals surface area contributed by atoms with Crippen LogP contribution >= 0.6 is 0 Å². The van der Waals surface area contributed by atoms with Crippen LogP contribution in [0.4, 0.5) is 4.39 Å². The minimum Gasteiger partial charge on any atom is -0.480 e. The van der Waals surface area contributed by atoms with Crippen LogP contribution in [-0.4, -0.2) is 49.6 Å². The number of halogens is 1. The number of carboxylic acids is 1. The van der Waals surface area contributed by atoms with E-state index in [1.807, 2.05) is 6.92 Å². The van der Waals surface area contributed by atoms with E-state index in [9.17, 15) is 17.6 Å². The lowest BCUT2D eigenvalue weighted by Crippen LogP contribution is -2.54. The molecule has 0 radical (unpaired) electrons. The third-order valence-electron chi connectivity index (χ3n) is 4.42. The highest BCUT2D eigenvalue weighted by Crippen LogP contribution is 2.29. The fourth-order valence-electron chi connectivity index (χ4n) is 3.05. The predicted molar refractivity (Wildman–Crippen MR) is 88.2 cm³/mol. The summed E-state index contributed by atoms with van der Waals surface area (Å²) in [5, 5.41) is 9.01. The normalized spacial score (nSPS) is 20.8. The van der Waals surface area contributed by atoms with Crippen molar-refractivity contribution in [2.24, 2.45) is 0 Å². The van der Waals surface area contributed by atoms with Gasteiger partial charge in [-0.3, -0.25) is 9.69 Å². The van der Waals surface area contributed by atoms with Crippen molar-refractivity contribution < 1.29 is 27.1 Å². The van der Waals surface area contributed by atoms with E-state index >= 15 is 0 Å². The Labute approximate surface area is 144 Å². The zero-order valence-corrected chi connectivity index (χ0v) is 14.4. The molecular weight excluding hydrogens is 351 g/mol. The van der Waals surface area contributed by atoms with E-state index in [4.69, 9.17) is 9.52 Å². The first-order valence-electron chi connectivity index (χ1n) is 7.95. The second-order valence-electron chi connectivity index (χ2n) is 6.15. The van der Waals surface area contributed by atoms with Crippen molar-refractivity contribution in [1.82, 2.24) is 9.62 Å². The van der Waals surface area contributed by atoms with Crippen molar-refractivity contribution in [1.29, 1.82) is 0 Å². The van der Waals surface area contributed by atoms with E-state index in [-0.39, 0.29) is 23.7 Å². The molecule has 25 heavy (non-hydrogen) atoms. The van der Waals surface area contributed by atoms with Gasteiger partial charge >= 0.3 is 5.97 Å². The first-order chi connectivity index (χ1) is 11.8. The summed E-state index contributed by atoms with van der Waals surface area (Å²) in [5.74, 6) is -1.37. The Kier molecular flexibility index (Phi) is 4.81. The van der Waals surface area contributed by atoms with E-state index in [1.54, 1.807) is 4.90 Å². The number of hydrogen-bond acceptors (Lipinski definition) is 5. The van der Waals surface area contributed by atoms with Crippen molar-refractivity contribution in [2.45, 2.75) is 36.9 Å². The summed E-state index contributed by atoms with van der Waals surface area (Å²) in [7, 11) is -3.85. The standard InChI is InChI=1S/C16H19FN2O5S/c1-2-19(9-15(20)21)13-7-12(8-13)18-25(22,23)16-6-10-5-11(17)3-4-14(10)24-16/h3-6,12-13,18H,2,7-9H2,1H3,(H,20,21). The van der Waals surface area contributed by atoms with E-state index < -0.39 is 21.8 Å². The van der Waals surface area contributed by atoms with Crippen molar-refractivity contribution in [3.8, 4) is 0 Å². The van der Waals surface area contributed by atoms with Gasteiger partial charge in [-0.15, -0.1) is 0 Å². The number of carboxylic acid groups (broad SMARTS) is 1. The quantitative estimate of drug-likeness (QED) is 0.771. The Balaban J connectivity index is 1.65. The highest BCUT2D eigenvalue weighted by molar-refractivity contribution is 7.89. The van der Waals surface area contributed by atoms with Crippen LogP contribution in [0.25, 0.3) is 11.0 Å². The van der Waals surface area contributed by atoms with Gasteiger partial charge in [0.05, 0.1) is 6.54 Å². The van der Waals surface area contributed by atoms with Crippen molar-refractivity contribution in [3.63, 3.8) is 0 Å². The van der Waals surface area contributed by atoms with Crippen molar-refractivity contribution in [2.75, 3.05) is 13.1 Å². The SMILES string of the molecule is CCN(CC(=O)O)C1CC(NS(=O)(=O)c2cc3cc(F)ccc3o2)C1. The van der Waals surface area contributed by atoms with Crippen LogP contribution in [0.3, 0.4) is 0 Å². The van der Waals surface area contributed by atoms with Gasteiger partial charge in [0.15, 0.2) is 0 Å². The number of nitrogens with one attached hydrogen (secondary N) is 1. The number of rotatable bonds is 7. The summed E-state index contributed by atoms with van der Waals surface area (Å²) >= 11 is 0. The van der Waals surface area contributed by atoms with Gasteiger partial charge in [-0.25, -0.2) is 17.5 Å². The molecule has 0 spiro atoms. The zero-order chi connectivity index (χ0) is 18.2. The van der Waals surface area contributed by atoms with Gasteiger partial charge in [0.2, 0.25) is 5.09 Å². The van der Waals surface area contributed by atoms with E-state index in [1.165, 1.54) is 24.3 Å². The minimum atomic E-state index is -3.85. The first kappa shape index (κ1) is 17.8. The Morgan fingerprint density at radius 3 is 2.76 bits per heavy atom. The maximum absolute atomic E-state index is 13.2. The Bertz CT molecular complexity index is 889. The summed E-state index contributed by atoms with van der Waals surface area (Å²) in [4.78, 5) is 12.6. The number of hydrogen-bond donors (Lipinski definition) is 2. The van der Waals surface area contributed by atoms with Crippen molar-refractivity contribution >= 4 is 27.0 Å². The summed E-state index contributed by atoms with van der Waals surface area (Å²) < 4.78 is 45.9. The fourth-order valence-corrected chi connectivity index (χ4v) is 4.28. The Morgan fingerprint density at radius 1 is 1.40 bits per heavy atom. The highest BCUT2D eigenvalue weighted by atomic mass is 32.2. The molecule has 9 heteroatoms. The van der Waals surface area contributed by atoms with Crippen LogP contribution in [0.1, 0.15) is 19.8 Å². The number of nitrogens with zero attached hydrogens (tertiary/aromatic N) is 1. The fraction of sp³-hybridized carbons (Fsp3) is 0.438. The molecule has 1 saturated carbocycles. The lowest BCUT2D eigenvalue weighted by Gasteiger charge is -2.41. The Morgan fingerprint density at radius 2 is 2.12 bits per heavy atom. The van der Waals surface area contributed by atoms with Gasteiger partial charge in [-0.1, -0.05) is 6.92 Å². The number of furan rings is 1. The van der Waals surface area contributed by atoms with Gasteiger partial charge in [-0.05, 0) is 37.6 Å². The van der Waals surface area contributed by atoms with Crippen LogP contribution in [0.2, 0.25) is 0 Å². The smallest absolute Gasteiger partial charge is 0.317 e. The summed E-state index contributed by atoms with van der Waals surface area (Å²) in [5.41, 5.74) is 0.298. The van der Waals surface area contributed by atoms with E-state index in [2.05, 4.69) is 4.72 Å². The molecule has 1 aromatic carbocycles. The number of likely N-dealkylation sites (N-methyl/N-ethyl adjacent to an activating group) is 1.